The maximum absolute atomic E-state index is 11.8. The van der Waals surface area contributed by atoms with Crippen LogP contribution in [0.25, 0.3) is 0 Å². The van der Waals surface area contributed by atoms with Gasteiger partial charge in [0.2, 0.25) is 5.78 Å². The van der Waals surface area contributed by atoms with Crippen LogP contribution in [-0.2, 0) is 10.4 Å². The molecule has 0 amide bonds. The molecule has 18 heavy (non-hydrogen) atoms. The van der Waals surface area contributed by atoms with Crippen LogP contribution >= 0.6 is 0 Å². The monoisotopic (exact) mass is 268 g/mol. The highest BCUT2D eigenvalue weighted by Crippen LogP contribution is 2.16. The minimum atomic E-state index is -4.56. The lowest BCUT2D eigenvalue weighted by molar-refractivity contribution is 0.101. The Hall–Kier alpha value is -2.12. The van der Waals surface area contributed by atoms with Crippen LogP contribution in [0.5, 0.6) is 5.75 Å². The summed E-state index contributed by atoms with van der Waals surface area (Å²) in [6.07, 6.45) is 1.38. The Kier molecular flexibility index (Phi) is 3.17. The molecule has 2 rings (SSSR count). The number of rotatable bonds is 4. The summed E-state index contributed by atoms with van der Waals surface area (Å²) in [5, 5.41) is 0. The van der Waals surface area contributed by atoms with Gasteiger partial charge in [-0.15, -0.1) is 0 Å². The molecule has 1 aromatic heterocycles. The Balaban J connectivity index is 2.20. The molecule has 7 heteroatoms. The average molecular weight is 268 g/mol. The lowest BCUT2D eigenvalue weighted by atomic mass is 10.1. The van der Waals surface area contributed by atoms with Crippen LogP contribution < -0.4 is 4.18 Å². The molecule has 0 saturated carbocycles. The highest BCUT2D eigenvalue weighted by Gasteiger charge is 2.12. The lowest BCUT2D eigenvalue weighted by Crippen LogP contribution is -2.07. The molecule has 0 fully saturated rings. The minimum Gasteiger partial charge on any atom is -0.461 e. The van der Waals surface area contributed by atoms with E-state index in [1.807, 2.05) is 0 Å². The third-order valence-electron chi connectivity index (χ3n) is 2.06. The number of ketones is 1. The van der Waals surface area contributed by atoms with E-state index in [2.05, 4.69) is 4.18 Å². The number of hydrogen-bond acceptors (Lipinski definition) is 5. The fourth-order valence-electron chi connectivity index (χ4n) is 1.33. The molecule has 0 spiro atoms. The van der Waals surface area contributed by atoms with E-state index < -0.39 is 10.4 Å². The van der Waals surface area contributed by atoms with Crippen LogP contribution in [-0.4, -0.2) is 18.8 Å². The molecule has 0 radical (unpaired) electrons. The topological polar surface area (TPSA) is 93.8 Å². The summed E-state index contributed by atoms with van der Waals surface area (Å²) in [4.78, 5) is 11.8. The summed E-state index contributed by atoms with van der Waals surface area (Å²) in [5.74, 6) is -0.245. The first kappa shape index (κ1) is 12.3. The summed E-state index contributed by atoms with van der Waals surface area (Å²) in [6.45, 7) is 0. The molecular formula is C11H8O6S. The number of furan rings is 1. The third-order valence-corrected chi connectivity index (χ3v) is 2.47. The molecule has 6 nitrogen and oxygen atoms in total. The second kappa shape index (κ2) is 4.63. The summed E-state index contributed by atoms with van der Waals surface area (Å²) in [7, 11) is -4.56. The molecule has 0 aliphatic carbocycles. The van der Waals surface area contributed by atoms with Crippen LogP contribution in [0.1, 0.15) is 16.1 Å². The molecule has 1 N–H and O–H groups in total. The second-order valence-electron chi connectivity index (χ2n) is 3.34. The maximum Gasteiger partial charge on any atom is 0.446 e. The number of benzene rings is 1. The average Bonchev–Trinajstić information content (AvgIpc) is 2.80. The number of carbonyl (C=O) groups is 1. The summed E-state index contributed by atoms with van der Waals surface area (Å²) >= 11 is 0. The molecule has 94 valence electrons. The van der Waals surface area contributed by atoms with Gasteiger partial charge >= 0.3 is 10.4 Å². The van der Waals surface area contributed by atoms with Gasteiger partial charge in [0.25, 0.3) is 0 Å². The van der Waals surface area contributed by atoms with Crippen molar-refractivity contribution in [2.24, 2.45) is 0 Å². The fraction of sp³-hybridized carbons (Fsp3) is 0. The lowest BCUT2D eigenvalue weighted by Gasteiger charge is -2.02. The van der Waals surface area contributed by atoms with Crippen molar-refractivity contribution >= 4 is 16.2 Å². The van der Waals surface area contributed by atoms with Gasteiger partial charge in [0.1, 0.15) is 5.75 Å². The van der Waals surface area contributed by atoms with Crippen LogP contribution in [0.15, 0.2) is 47.1 Å². The highest BCUT2D eigenvalue weighted by atomic mass is 32.3. The van der Waals surface area contributed by atoms with Crippen LogP contribution in [0.4, 0.5) is 0 Å². The molecule has 1 aromatic carbocycles. The highest BCUT2D eigenvalue weighted by molar-refractivity contribution is 7.81. The molecule has 0 atom stereocenters. The number of carbonyl (C=O) groups excluding carboxylic acids is 1. The third kappa shape index (κ3) is 2.96. The Labute approximate surface area is 103 Å². The van der Waals surface area contributed by atoms with E-state index in [-0.39, 0.29) is 17.3 Å². The predicted molar refractivity (Wildman–Crippen MR) is 60.8 cm³/mol. The zero-order chi connectivity index (χ0) is 13.2. The van der Waals surface area contributed by atoms with E-state index in [9.17, 15) is 13.2 Å². The van der Waals surface area contributed by atoms with Crippen molar-refractivity contribution < 1.29 is 26.4 Å². The van der Waals surface area contributed by atoms with Crippen LogP contribution in [0.2, 0.25) is 0 Å². The Morgan fingerprint density at radius 3 is 2.33 bits per heavy atom. The van der Waals surface area contributed by atoms with Gasteiger partial charge in [-0.1, -0.05) is 0 Å². The second-order valence-corrected chi connectivity index (χ2v) is 4.36. The molecular weight excluding hydrogens is 260 g/mol. The quantitative estimate of drug-likeness (QED) is 0.670. The zero-order valence-electron chi connectivity index (χ0n) is 8.94. The maximum atomic E-state index is 11.8. The summed E-state index contributed by atoms with van der Waals surface area (Å²) < 4.78 is 38.5. The zero-order valence-corrected chi connectivity index (χ0v) is 9.75. The van der Waals surface area contributed by atoms with Crippen LogP contribution in [0, 0.1) is 0 Å². The van der Waals surface area contributed by atoms with Crippen molar-refractivity contribution in [2.75, 3.05) is 0 Å². The van der Waals surface area contributed by atoms with Gasteiger partial charge in [0.05, 0.1) is 6.26 Å². The minimum absolute atomic E-state index is 0.0894. The van der Waals surface area contributed by atoms with E-state index in [0.717, 1.165) is 0 Å². The smallest absolute Gasteiger partial charge is 0.446 e. The fourth-order valence-corrected chi connectivity index (χ4v) is 1.69. The van der Waals surface area contributed by atoms with Crippen molar-refractivity contribution in [1.29, 1.82) is 0 Å². The van der Waals surface area contributed by atoms with Crippen molar-refractivity contribution in [3.05, 3.63) is 54.0 Å². The number of hydrogen-bond donors (Lipinski definition) is 1. The van der Waals surface area contributed by atoms with Crippen LogP contribution in [0.3, 0.4) is 0 Å². The van der Waals surface area contributed by atoms with E-state index in [1.54, 1.807) is 6.07 Å². The first-order valence-electron chi connectivity index (χ1n) is 4.81. The SMILES string of the molecule is O=C(c1ccc(OS(=O)(=O)O)cc1)c1ccco1. The Morgan fingerprint density at radius 2 is 1.83 bits per heavy atom. The predicted octanol–water partition coefficient (Wildman–Crippen LogP) is 1.69. The molecule has 1 heterocycles. The normalized spacial score (nSPS) is 11.2. The summed E-state index contributed by atoms with van der Waals surface area (Å²) in [6, 6.07) is 8.35. The summed E-state index contributed by atoms with van der Waals surface area (Å²) in [5.41, 5.74) is 0.313. The van der Waals surface area contributed by atoms with Crippen molar-refractivity contribution in [3.63, 3.8) is 0 Å². The van der Waals surface area contributed by atoms with Gasteiger partial charge in [0.15, 0.2) is 5.76 Å². The largest absolute Gasteiger partial charge is 0.461 e. The van der Waals surface area contributed by atoms with Gasteiger partial charge < -0.3 is 8.60 Å². The molecule has 0 aliphatic heterocycles. The molecule has 0 aliphatic rings. The van der Waals surface area contributed by atoms with Gasteiger partial charge in [-0.25, -0.2) is 0 Å². The molecule has 2 aromatic rings. The van der Waals surface area contributed by atoms with Crippen molar-refractivity contribution in [2.45, 2.75) is 0 Å². The first-order valence-corrected chi connectivity index (χ1v) is 6.17. The van der Waals surface area contributed by atoms with Crippen molar-refractivity contribution in [1.82, 2.24) is 0 Å². The standard InChI is InChI=1S/C11H8O6S/c12-11(10-2-1-7-16-10)8-3-5-9(6-4-8)17-18(13,14)15/h1-7H,(H,13,14,15). The van der Waals surface area contributed by atoms with E-state index >= 15 is 0 Å². The molecule has 0 saturated heterocycles. The van der Waals surface area contributed by atoms with Gasteiger partial charge in [-0.3, -0.25) is 9.35 Å². The van der Waals surface area contributed by atoms with Gasteiger partial charge in [-0.2, -0.15) is 8.42 Å². The van der Waals surface area contributed by atoms with Gasteiger partial charge in [0, 0.05) is 5.56 Å². The Bertz CT molecular complexity index is 639. The van der Waals surface area contributed by atoms with Crippen molar-refractivity contribution in [3.8, 4) is 5.75 Å². The molecule has 0 unspecified atom stereocenters. The molecule has 0 bridgehead atoms. The van der Waals surface area contributed by atoms with Gasteiger partial charge in [-0.05, 0) is 36.4 Å². The van der Waals surface area contributed by atoms with E-state index in [4.69, 9.17) is 8.97 Å². The van der Waals surface area contributed by atoms with E-state index in [0.29, 0.717) is 5.56 Å². The first-order chi connectivity index (χ1) is 8.46. The van der Waals surface area contributed by atoms with E-state index in [1.165, 1.54) is 36.6 Å². The Morgan fingerprint density at radius 1 is 1.17 bits per heavy atom.